The number of unbranched alkanes of at least 4 members (excludes halogenated alkanes) is 1. The highest BCUT2D eigenvalue weighted by molar-refractivity contribution is 6.42. The number of anilines is 1. The SMILES string of the molecule is CCCCOc1nc(NCCN2CCOCC2)c2ncn(Cc3cccc(Cl)c3Cl)c2n1. The highest BCUT2D eigenvalue weighted by atomic mass is 35.5. The summed E-state index contributed by atoms with van der Waals surface area (Å²) in [4.78, 5) is 16.2. The minimum Gasteiger partial charge on any atom is -0.463 e. The topological polar surface area (TPSA) is 77.3 Å². The summed E-state index contributed by atoms with van der Waals surface area (Å²) in [6, 6.07) is 5.95. The van der Waals surface area contributed by atoms with Crippen molar-refractivity contribution < 1.29 is 9.47 Å². The number of hydrogen-bond acceptors (Lipinski definition) is 7. The summed E-state index contributed by atoms with van der Waals surface area (Å²) in [5.74, 6) is 0.672. The van der Waals surface area contributed by atoms with Gasteiger partial charge in [-0.1, -0.05) is 48.7 Å². The average molecular weight is 479 g/mol. The van der Waals surface area contributed by atoms with E-state index in [-0.39, 0.29) is 0 Å². The molecule has 3 aromatic rings. The van der Waals surface area contributed by atoms with Gasteiger partial charge < -0.3 is 19.4 Å². The quantitative estimate of drug-likeness (QED) is 0.439. The van der Waals surface area contributed by atoms with Crippen molar-refractivity contribution in [3.05, 3.63) is 40.1 Å². The largest absolute Gasteiger partial charge is 0.463 e. The van der Waals surface area contributed by atoms with Crippen LogP contribution in [0.1, 0.15) is 25.3 Å². The smallest absolute Gasteiger partial charge is 0.320 e. The van der Waals surface area contributed by atoms with Gasteiger partial charge in [0, 0.05) is 26.2 Å². The molecule has 1 aliphatic rings. The monoisotopic (exact) mass is 478 g/mol. The van der Waals surface area contributed by atoms with Crippen molar-refractivity contribution in [3.8, 4) is 6.01 Å². The zero-order valence-electron chi connectivity index (χ0n) is 18.2. The predicted octanol–water partition coefficient (Wildman–Crippen LogP) is 4.10. The zero-order chi connectivity index (χ0) is 22.3. The van der Waals surface area contributed by atoms with Gasteiger partial charge in [-0.05, 0) is 18.1 Å². The maximum atomic E-state index is 6.40. The van der Waals surface area contributed by atoms with Crippen LogP contribution in [0.2, 0.25) is 10.0 Å². The fourth-order valence-electron chi connectivity index (χ4n) is 3.55. The van der Waals surface area contributed by atoms with Crippen LogP contribution in [0.25, 0.3) is 11.2 Å². The molecule has 1 saturated heterocycles. The summed E-state index contributed by atoms with van der Waals surface area (Å²) in [6.07, 6.45) is 3.73. The molecule has 0 spiro atoms. The number of nitrogens with one attached hydrogen (secondary N) is 1. The lowest BCUT2D eigenvalue weighted by atomic mass is 10.2. The third-order valence-corrected chi connectivity index (χ3v) is 6.23. The van der Waals surface area contributed by atoms with Crippen LogP contribution in [0.3, 0.4) is 0 Å². The fraction of sp³-hybridized carbons (Fsp3) is 0.500. The minimum absolute atomic E-state index is 0.346. The van der Waals surface area contributed by atoms with Crippen molar-refractivity contribution in [2.45, 2.75) is 26.3 Å². The van der Waals surface area contributed by atoms with Gasteiger partial charge in [0.25, 0.3) is 0 Å². The highest BCUT2D eigenvalue weighted by Gasteiger charge is 2.16. The fourth-order valence-corrected chi connectivity index (χ4v) is 3.93. The number of hydrogen-bond donors (Lipinski definition) is 1. The molecule has 0 atom stereocenters. The van der Waals surface area contributed by atoms with E-state index in [1.54, 1.807) is 12.4 Å². The Bertz CT molecular complexity index is 1040. The maximum absolute atomic E-state index is 6.40. The second-order valence-electron chi connectivity index (χ2n) is 7.70. The number of aromatic nitrogens is 4. The van der Waals surface area contributed by atoms with Gasteiger partial charge >= 0.3 is 6.01 Å². The number of rotatable bonds is 10. The van der Waals surface area contributed by atoms with Crippen LogP contribution in [-0.2, 0) is 11.3 Å². The second kappa shape index (κ2) is 11.1. The van der Waals surface area contributed by atoms with E-state index < -0.39 is 0 Å². The van der Waals surface area contributed by atoms with E-state index >= 15 is 0 Å². The van der Waals surface area contributed by atoms with Gasteiger partial charge in [0.2, 0.25) is 0 Å². The molecule has 172 valence electrons. The van der Waals surface area contributed by atoms with Gasteiger partial charge in [0.1, 0.15) is 0 Å². The van der Waals surface area contributed by atoms with E-state index in [4.69, 9.17) is 32.7 Å². The summed E-state index contributed by atoms with van der Waals surface area (Å²) in [6.45, 7) is 8.29. The van der Waals surface area contributed by atoms with Crippen LogP contribution in [0, 0.1) is 0 Å². The molecule has 4 rings (SSSR count). The lowest BCUT2D eigenvalue weighted by Crippen LogP contribution is -2.39. The Labute approximate surface area is 197 Å². The molecule has 3 heterocycles. The highest BCUT2D eigenvalue weighted by Crippen LogP contribution is 2.28. The molecule has 2 aromatic heterocycles. The number of nitrogens with zero attached hydrogens (tertiary/aromatic N) is 5. The van der Waals surface area contributed by atoms with Crippen LogP contribution < -0.4 is 10.1 Å². The van der Waals surface area contributed by atoms with Crippen LogP contribution in [-0.4, -0.2) is 70.4 Å². The van der Waals surface area contributed by atoms with Gasteiger partial charge in [0.05, 0.1) is 42.7 Å². The van der Waals surface area contributed by atoms with Crippen LogP contribution in [0.15, 0.2) is 24.5 Å². The van der Waals surface area contributed by atoms with E-state index in [9.17, 15) is 0 Å². The van der Waals surface area contributed by atoms with Gasteiger partial charge in [0.15, 0.2) is 17.0 Å². The van der Waals surface area contributed by atoms with Gasteiger partial charge in [-0.25, -0.2) is 4.98 Å². The van der Waals surface area contributed by atoms with Gasteiger partial charge in [-0.15, -0.1) is 0 Å². The molecule has 1 aromatic carbocycles. The Kier molecular flexibility index (Phi) is 8.02. The maximum Gasteiger partial charge on any atom is 0.320 e. The molecule has 1 fully saturated rings. The molecule has 0 saturated carbocycles. The molecule has 0 bridgehead atoms. The number of fused-ring (bicyclic) bond motifs is 1. The molecule has 1 N–H and O–H groups in total. The second-order valence-corrected chi connectivity index (χ2v) is 8.48. The van der Waals surface area contributed by atoms with Crippen LogP contribution in [0.4, 0.5) is 5.82 Å². The first-order valence-corrected chi connectivity index (χ1v) is 11.7. The van der Waals surface area contributed by atoms with E-state index in [2.05, 4.69) is 32.1 Å². The first kappa shape index (κ1) is 23.0. The normalized spacial score (nSPS) is 14.7. The molecule has 0 radical (unpaired) electrons. The molecule has 0 amide bonds. The van der Waals surface area contributed by atoms with Crippen LogP contribution >= 0.6 is 23.2 Å². The number of ether oxygens (including phenoxy) is 2. The summed E-state index contributed by atoms with van der Waals surface area (Å²) < 4.78 is 13.2. The molecule has 10 heteroatoms. The molecule has 0 aliphatic carbocycles. The van der Waals surface area contributed by atoms with E-state index in [1.165, 1.54) is 0 Å². The predicted molar refractivity (Wildman–Crippen MR) is 127 cm³/mol. The summed E-state index contributed by atoms with van der Waals surface area (Å²) in [5, 5.41) is 4.49. The van der Waals surface area contributed by atoms with Crippen molar-refractivity contribution in [3.63, 3.8) is 0 Å². The number of halogens is 2. The Balaban J connectivity index is 1.57. The number of benzene rings is 1. The van der Waals surface area contributed by atoms with E-state index in [0.29, 0.717) is 46.2 Å². The minimum atomic E-state index is 0.346. The zero-order valence-corrected chi connectivity index (χ0v) is 19.7. The third-order valence-electron chi connectivity index (χ3n) is 5.37. The Morgan fingerprint density at radius 3 is 2.84 bits per heavy atom. The van der Waals surface area contributed by atoms with Gasteiger partial charge in [-0.2, -0.15) is 9.97 Å². The Morgan fingerprint density at radius 1 is 1.19 bits per heavy atom. The van der Waals surface area contributed by atoms with E-state index in [0.717, 1.165) is 57.8 Å². The lowest BCUT2D eigenvalue weighted by Gasteiger charge is -2.26. The molecule has 8 nitrogen and oxygen atoms in total. The Morgan fingerprint density at radius 2 is 2.03 bits per heavy atom. The average Bonchev–Trinajstić information content (AvgIpc) is 3.21. The van der Waals surface area contributed by atoms with Gasteiger partial charge in [-0.3, -0.25) is 4.90 Å². The van der Waals surface area contributed by atoms with Crippen molar-refractivity contribution in [2.75, 3.05) is 51.3 Å². The molecule has 32 heavy (non-hydrogen) atoms. The summed E-state index contributed by atoms with van der Waals surface area (Å²) in [5.41, 5.74) is 2.29. The van der Waals surface area contributed by atoms with Crippen molar-refractivity contribution in [1.82, 2.24) is 24.4 Å². The molecule has 0 unspecified atom stereocenters. The number of morpholine rings is 1. The molecule has 1 aliphatic heterocycles. The van der Waals surface area contributed by atoms with Crippen molar-refractivity contribution in [2.24, 2.45) is 0 Å². The standard InChI is InChI=1S/C22H28Cl2N6O2/c1-2-3-11-32-22-27-20(25-7-8-29-9-12-31-13-10-29)19-21(28-22)30(15-26-19)14-16-5-4-6-17(23)18(16)24/h4-6,15H,2-3,7-14H2,1H3,(H,25,27,28). The Hall–Kier alpha value is -2.13. The third kappa shape index (κ3) is 5.61. The summed E-state index contributed by atoms with van der Waals surface area (Å²) in [7, 11) is 0. The summed E-state index contributed by atoms with van der Waals surface area (Å²) >= 11 is 12.6. The van der Waals surface area contributed by atoms with E-state index in [1.807, 2.05) is 16.7 Å². The van der Waals surface area contributed by atoms with Crippen molar-refractivity contribution in [1.29, 1.82) is 0 Å². The number of imidazole rings is 1. The first-order chi connectivity index (χ1) is 15.7. The molecular weight excluding hydrogens is 451 g/mol. The van der Waals surface area contributed by atoms with Crippen LogP contribution in [0.5, 0.6) is 6.01 Å². The molecular formula is C22H28Cl2N6O2. The first-order valence-electron chi connectivity index (χ1n) is 11.0. The van der Waals surface area contributed by atoms with Crippen molar-refractivity contribution >= 4 is 40.2 Å². The lowest BCUT2D eigenvalue weighted by molar-refractivity contribution is 0.0398.